The van der Waals surface area contributed by atoms with Gasteiger partial charge >= 0.3 is 5.69 Å². The van der Waals surface area contributed by atoms with E-state index in [-0.39, 0.29) is 13.0 Å². The number of nitrogens with zero attached hydrogens (tertiary/aromatic N) is 1. The lowest BCUT2D eigenvalue weighted by atomic mass is 10.2. The summed E-state index contributed by atoms with van der Waals surface area (Å²) in [6.45, 7) is -0.217. The zero-order valence-electron chi connectivity index (χ0n) is 8.37. The molecule has 1 aliphatic heterocycles. The third-order valence-corrected chi connectivity index (χ3v) is 2.49. The predicted octanol–water partition coefficient (Wildman–Crippen LogP) is -1.82. The van der Waals surface area contributed by atoms with E-state index >= 15 is 0 Å². The fraction of sp³-hybridized carbons (Fsp3) is 0.556. The van der Waals surface area contributed by atoms with Gasteiger partial charge in [-0.1, -0.05) is 0 Å². The Balaban J connectivity index is 2.31. The molecule has 7 heteroatoms. The summed E-state index contributed by atoms with van der Waals surface area (Å²) in [5.74, 6) is 0. The van der Waals surface area contributed by atoms with Gasteiger partial charge in [-0.05, 0) is 0 Å². The SMILES string of the molecule is O=c1ccn(C2OC(CO)C[C@@H]2O)c(=O)[nH]1. The van der Waals surface area contributed by atoms with Gasteiger partial charge in [0.2, 0.25) is 0 Å². The van der Waals surface area contributed by atoms with Gasteiger partial charge in [0.1, 0.15) is 6.10 Å². The fourth-order valence-corrected chi connectivity index (χ4v) is 1.73. The molecule has 1 fully saturated rings. The van der Waals surface area contributed by atoms with Crippen LogP contribution in [0, 0.1) is 0 Å². The number of aromatic amines is 1. The van der Waals surface area contributed by atoms with Crippen LogP contribution in [0.25, 0.3) is 0 Å². The monoisotopic (exact) mass is 228 g/mol. The molecule has 1 aromatic heterocycles. The summed E-state index contributed by atoms with van der Waals surface area (Å²) in [6.07, 6.45) is -0.706. The highest BCUT2D eigenvalue weighted by atomic mass is 16.5. The number of hydrogen-bond donors (Lipinski definition) is 3. The smallest absolute Gasteiger partial charge is 0.330 e. The summed E-state index contributed by atoms with van der Waals surface area (Å²) in [7, 11) is 0. The average Bonchev–Trinajstić information content (AvgIpc) is 2.60. The van der Waals surface area contributed by atoms with Crippen LogP contribution >= 0.6 is 0 Å². The van der Waals surface area contributed by atoms with Crippen LogP contribution in [0.4, 0.5) is 0 Å². The first-order chi connectivity index (χ1) is 7.61. The molecule has 3 atom stereocenters. The van der Waals surface area contributed by atoms with Crippen LogP contribution in [-0.2, 0) is 4.74 Å². The Labute approximate surface area is 89.9 Å². The molecule has 0 radical (unpaired) electrons. The van der Waals surface area contributed by atoms with E-state index in [2.05, 4.69) is 4.98 Å². The van der Waals surface area contributed by atoms with Crippen molar-refractivity contribution in [2.24, 2.45) is 0 Å². The molecule has 2 rings (SSSR count). The van der Waals surface area contributed by atoms with E-state index < -0.39 is 29.7 Å². The van der Waals surface area contributed by atoms with Crippen LogP contribution in [0.15, 0.2) is 21.9 Å². The first-order valence-corrected chi connectivity index (χ1v) is 4.87. The predicted molar refractivity (Wildman–Crippen MR) is 52.9 cm³/mol. The number of aromatic nitrogens is 2. The van der Waals surface area contributed by atoms with Crippen molar-refractivity contribution < 1.29 is 14.9 Å². The van der Waals surface area contributed by atoms with Gasteiger partial charge < -0.3 is 14.9 Å². The molecule has 1 aromatic rings. The Morgan fingerprint density at radius 2 is 2.31 bits per heavy atom. The van der Waals surface area contributed by atoms with Gasteiger partial charge in [-0.3, -0.25) is 14.3 Å². The van der Waals surface area contributed by atoms with Gasteiger partial charge in [0.05, 0.1) is 12.7 Å². The molecule has 0 bridgehead atoms. The Morgan fingerprint density at radius 1 is 1.56 bits per heavy atom. The molecule has 0 amide bonds. The molecule has 3 N–H and O–H groups in total. The van der Waals surface area contributed by atoms with Gasteiger partial charge in [0.15, 0.2) is 6.23 Å². The molecule has 16 heavy (non-hydrogen) atoms. The second kappa shape index (κ2) is 4.20. The van der Waals surface area contributed by atoms with Gasteiger partial charge in [0, 0.05) is 18.7 Å². The quantitative estimate of drug-likeness (QED) is 0.552. The standard InChI is InChI=1S/C9H12N2O5/c12-4-5-3-6(13)8(16-5)11-2-1-7(14)10-9(11)15/h1-2,5-6,8,12-13H,3-4H2,(H,10,14,15)/t5?,6-,8?/m0/s1. The maximum atomic E-state index is 11.4. The molecular weight excluding hydrogens is 216 g/mol. The first kappa shape index (κ1) is 11.1. The fourth-order valence-electron chi connectivity index (χ4n) is 1.73. The highest BCUT2D eigenvalue weighted by Gasteiger charge is 2.35. The summed E-state index contributed by atoms with van der Waals surface area (Å²) < 4.78 is 6.37. The minimum atomic E-state index is -0.874. The van der Waals surface area contributed by atoms with E-state index in [1.165, 1.54) is 12.3 Å². The van der Waals surface area contributed by atoms with Gasteiger partial charge in [0.25, 0.3) is 5.56 Å². The van der Waals surface area contributed by atoms with Crippen molar-refractivity contribution in [2.45, 2.75) is 24.9 Å². The number of hydrogen-bond acceptors (Lipinski definition) is 5. The lowest BCUT2D eigenvalue weighted by molar-refractivity contribution is -0.0530. The number of rotatable bonds is 2. The Kier molecular flexibility index (Phi) is 2.90. The van der Waals surface area contributed by atoms with E-state index in [9.17, 15) is 14.7 Å². The second-order valence-electron chi connectivity index (χ2n) is 3.65. The second-order valence-corrected chi connectivity index (χ2v) is 3.65. The van der Waals surface area contributed by atoms with E-state index in [0.717, 1.165) is 4.57 Å². The number of aliphatic hydroxyl groups is 2. The Hall–Kier alpha value is -1.44. The van der Waals surface area contributed by atoms with E-state index in [0.29, 0.717) is 0 Å². The zero-order chi connectivity index (χ0) is 11.7. The molecule has 88 valence electrons. The maximum absolute atomic E-state index is 11.4. The lowest BCUT2D eigenvalue weighted by Gasteiger charge is -2.16. The number of nitrogens with one attached hydrogen (secondary N) is 1. The van der Waals surface area contributed by atoms with Crippen LogP contribution in [0.3, 0.4) is 0 Å². The van der Waals surface area contributed by atoms with Gasteiger partial charge in [-0.25, -0.2) is 4.79 Å². The van der Waals surface area contributed by atoms with Crippen molar-refractivity contribution in [3.63, 3.8) is 0 Å². The van der Waals surface area contributed by atoms with Crippen LogP contribution in [0.1, 0.15) is 12.6 Å². The van der Waals surface area contributed by atoms with Crippen molar-refractivity contribution in [1.29, 1.82) is 0 Å². The summed E-state index contributed by atoms with van der Waals surface area (Å²) >= 11 is 0. The topological polar surface area (TPSA) is 105 Å². The molecule has 1 saturated heterocycles. The van der Waals surface area contributed by atoms with Gasteiger partial charge in [-0.15, -0.1) is 0 Å². The molecule has 1 aliphatic rings. The summed E-state index contributed by atoms with van der Waals surface area (Å²) in [6, 6.07) is 1.17. The van der Waals surface area contributed by atoms with Crippen molar-refractivity contribution in [3.05, 3.63) is 33.1 Å². The average molecular weight is 228 g/mol. The maximum Gasteiger partial charge on any atom is 0.330 e. The van der Waals surface area contributed by atoms with Crippen molar-refractivity contribution in [2.75, 3.05) is 6.61 Å². The minimum Gasteiger partial charge on any atom is -0.394 e. The Bertz CT molecular complexity index is 479. The highest BCUT2D eigenvalue weighted by molar-refractivity contribution is 4.88. The zero-order valence-corrected chi connectivity index (χ0v) is 8.37. The molecule has 7 nitrogen and oxygen atoms in total. The minimum absolute atomic E-state index is 0.217. The van der Waals surface area contributed by atoms with Crippen molar-refractivity contribution in [1.82, 2.24) is 9.55 Å². The number of ether oxygens (including phenoxy) is 1. The largest absolute Gasteiger partial charge is 0.394 e. The van der Waals surface area contributed by atoms with Crippen LogP contribution in [0.5, 0.6) is 0 Å². The first-order valence-electron chi connectivity index (χ1n) is 4.87. The van der Waals surface area contributed by atoms with E-state index in [1.807, 2.05) is 0 Å². The van der Waals surface area contributed by atoms with Crippen LogP contribution in [0.2, 0.25) is 0 Å². The third kappa shape index (κ3) is 1.92. The summed E-state index contributed by atoms with van der Waals surface area (Å²) in [5.41, 5.74) is -1.15. The molecule has 0 saturated carbocycles. The van der Waals surface area contributed by atoms with Crippen LogP contribution < -0.4 is 11.2 Å². The molecule has 0 aromatic carbocycles. The molecule has 2 unspecified atom stereocenters. The van der Waals surface area contributed by atoms with Gasteiger partial charge in [-0.2, -0.15) is 0 Å². The normalized spacial score (nSPS) is 29.5. The molecule has 2 heterocycles. The number of aliphatic hydroxyl groups excluding tert-OH is 2. The molecule has 0 spiro atoms. The summed E-state index contributed by atoms with van der Waals surface area (Å²) in [4.78, 5) is 24.3. The lowest BCUT2D eigenvalue weighted by Crippen LogP contribution is -2.34. The van der Waals surface area contributed by atoms with Crippen molar-refractivity contribution >= 4 is 0 Å². The number of H-pyrrole nitrogens is 1. The summed E-state index contributed by atoms with van der Waals surface area (Å²) in [5, 5.41) is 18.5. The highest BCUT2D eigenvalue weighted by Crippen LogP contribution is 2.26. The van der Waals surface area contributed by atoms with E-state index in [4.69, 9.17) is 9.84 Å². The Morgan fingerprint density at radius 3 is 2.88 bits per heavy atom. The third-order valence-electron chi connectivity index (χ3n) is 2.49. The van der Waals surface area contributed by atoms with Crippen LogP contribution in [-0.4, -0.2) is 38.6 Å². The molecular formula is C9H12N2O5. The van der Waals surface area contributed by atoms with E-state index in [1.54, 1.807) is 0 Å². The molecule has 0 aliphatic carbocycles. The van der Waals surface area contributed by atoms with Crippen molar-refractivity contribution in [3.8, 4) is 0 Å².